The number of aromatic nitrogens is 3. The van der Waals surface area contributed by atoms with E-state index in [9.17, 15) is 4.79 Å². The van der Waals surface area contributed by atoms with Crippen molar-refractivity contribution in [3.8, 4) is 11.3 Å². The van der Waals surface area contributed by atoms with Gasteiger partial charge in [-0.25, -0.2) is 14.8 Å². The van der Waals surface area contributed by atoms with Crippen LogP contribution in [0.15, 0.2) is 47.3 Å². The Balaban J connectivity index is 1.64. The highest BCUT2D eigenvalue weighted by atomic mass is 35.5. The molecule has 3 aromatic rings. The maximum Gasteiger partial charge on any atom is 0.359 e. The Morgan fingerprint density at radius 2 is 1.91 bits per heavy atom. The number of hydrogen-bond acceptors (Lipinski definition) is 6. The summed E-state index contributed by atoms with van der Waals surface area (Å²) in [6.45, 7) is 1.70. The Labute approximate surface area is 137 Å². The average Bonchev–Trinajstić information content (AvgIpc) is 3.03. The second-order valence-electron chi connectivity index (χ2n) is 4.74. The highest BCUT2D eigenvalue weighted by molar-refractivity contribution is 6.30. The zero-order valence-electron chi connectivity index (χ0n) is 12.2. The first kappa shape index (κ1) is 15.2. The van der Waals surface area contributed by atoms with Crippen molar-refractivity contribution in [3.63, 3.8) is 0 Å². The summed E-state index contributed by atoms with van der Waals surface area (Å²) in [7, 11) is 0. The van der Waals surface area contributed by atoms with Crippen LogP contribution in [-0.4, -0.2) is 20.9 Å². The van der Waals surface area contributed by atoms with Crippen LogP contribution in [0.1, 0.15) is 22.1 Å². The van der Waals surface area contributed by atoms with Crippen LogP contribution in [0.2, 0.25) is 5.02 Å². The molecule has 0 saturated heterocycles. The van der Waals surface area contributed by atoms with Crippen LogP contribution in [0.3, 0.4) is 0 Å². The molecule has 3 rings (SSSR count). The number of halogens is 1. The van der Waals surface area contributed by atoms with Gasteiger partial charge in [-0.1, -0.05) is 11.6 Å². The number of carbonyl (C=O) groups excluding carboxylic acids is 1. The summed E-state index contributed by atoms with van der Waals surface area (Å²) in [5.41, 5.74) is 1.70. The molecule has 0 aliphatic heterocycles. The van der Waals surface area contributed by atoms with Crippen LogP contribution in [0, 0.1) is 6.92 Å². The molecule has 2 aromatic heterocycles. The largest absolute Gasteiger partial charge is 0.451 e. The average molecular weight is 330 g/mol. The Kier molecular flexibility index (Phi) is 4.34. The van der Waals surface area contributed by atoms with Crippen LogP contribution in [0.5, 0.6) is 0 Å². The Bertz CT molecular complexity index is 813. The molecule has 0 fully saturated rings. The lowest BCUT2D eigenvalue weighted by molar-refractivity contribution is 0.0431. The molecule has 0 saturated carbocycles. The molecule has 23 heavy (non-hydrogen) atoms. The lowest BCUT2D eigenvalue weighted by atomic mass is 10.2. The highest BCUT2D eigenvalue weighted by Gasteiger charge is 2.12. The number of nitrogens with zero attached hydrogens (tertiary/aromatic N) is 3. The van der Waals surface area contributed by atoms with Gasteiger partial charge in [0.25, 0.3) is 0 Å². The first-order chi connectivity index (χ1) is 11.1. The van der Waals surface area contributed by atoms with E-state index in [1.54, 1.807) is 25.3 Å². The maximum absolute atomic E-state index is 11.8. The molecule has 0 aliphatic carbocycles. The third kappa shape index (κ3) is 3.73. The van der Waals surface area contributed by atoms with Crippen LogP contribution < -0.4 is 0 Å². The standard InChI is InChI=1S/C16H12ClN3O3/c1-10-6-19-13(7-18-10)16(21)22-9-15-20-8-14(23-15)11-2-4-12(17)5-3-11/h2-8H,9H2,1H3. The molecular weight excluding hydrogens is 318 g/mol. The monoisotopic (exact) mass is 329 g/mol. The van der Waals surface area contributed by atoms with E-state index in [1.165, 1.54) is 12.4 Å². The molecule has 7 heteroatoms. The number of aryl methyl sites for hydroxylation is 1. The van der Waals surface area contributed by atoms with Crippen LogP contribution in [0.25, 0.3) is 11.3 Å². The molecular formula is C16H12ClN3O3. The van der Waals surface area contributed by atoms with Gasteiger partial charge in [0.2, 0.25) is 5.89 Å². The molecule has 0 aliphatic rings. The van der Waals surface area contributed by atoms with Gasteiger partial charge in [0.1, 0.15) is 0 Å². The van der Waals surface area contributed by atoms with E-state index in [1.807, 2.05) is 12.1 Å². The predicted octanol–water partition coefficient (Wildman–Crippen LogP) is 3.45. The van der Waals surface area contributed by atoms with Gasteiger partial charge < -0.3 is 9.15 Å². The number of oxazole rings is 1. The van der Waals surface area contributed by atoms with E-state index in [2.05, 4.69) is 15.0 Å². The van der Waals surface area contributed by atoms with E-state index in [0.717, 1.165) is 11.3 Å². The molecule has 0 N–H and O–H groups in total. The minimum atomic E-state index is -0.580. The lowest BCUT2D eigenvalue weighted by Crippen LogP contribution is -2.08. The smallest absolute Gasteiger partial charge is 0.359 e. The molecule has 0 spiro atoms. The van der Waals surface area contributed by atoms with Crippen molar-refractivity contribution in [2.45, 2.75) is 13.5 Å². The third-order valence-corrected chi connectivity index (χ3v) is 3.25. The molecule has 1 aromatic carbocycles. The van der Waals surface area contributed by atoms with Crippen molar-refractivity contribution >= 4 is 17.6 Å². The lowest BCUT2D eigenvalue weighted by Gasteiger charge is -2.01. The number of hydrogen-bond donors (Lipinski definition) is 0. The van der Waals surface area contributed by atoms with E-state index < -0.39 is 5.97 Å². The van der Waals surface area contributed by atoms with Gasteiger partial charge in [-0.2, -0.15) is 0 Å². The number of rotatable bonds is 4. The fraction of sp³-hybridized carbons (Fsp3) is 0.125. The summed E-state index contributed by atoms with van der Waals surface area (Å²) in [5, 5.41) is 0.640. The minimum Gasteiger partial charge on any atom is -0.451 e. The Morgan fingerprint density at radius 1 is 1.13 bits per heavy atom. The normalized spacial score (nSPS) is 10.5. The van der Waals surface area contributed by atoms with E-state index in [0.29, 0.717) is 16.7 Å². The van der Waals surface area contributed by atoms with Gasteiger partial charge in [-0.15, -0.1) is 0 Å². The molecule has 6 nitrogen and oxygen atoms in total. The molecule has 0 atom stereocenters. The van der Waals surface area contributed by atoms with Crippen molar-refractivity contribution in [3.05, 3.63) is 65.2 Å². The number of benzene rings is 1. The fourth-order valence-corrected chi connectivity index (χ4v) is 1.95. The van der Waals surface area contributed by atoms with Gasteiger partial charge in [-0.05, 0) is 31.2 Å². The number of ether oxygens (including phenoxy) is 1. The zero-order valence-corrected chi connectivity index (χ0v) is 12.9. The van der Waals surface area contributed by atoms with E-state index in [-0.39, 0.29) is 12.3 Å². The molecule has 0 radical (unpaired) electrons. The SMILES string of the molecule is Cc1cnc(C(=O)OCc2ncc(-c3ccc(Cl)cc3)o2)cn1. The summed E-state index contributed by atoms with van der Waals surface area (Å²) in [4.78, 5) is 23.9. The second kappa shape index (κ2) is 6.58. The van der Waals surface area contributed by atoms with E-state index >= 15 is 0 Å². The Morgan fingerprint density at radius 3 is 2.61 bits per heavy atom. The van der Waals surface area contributed by atoms with Gasteiger partial charge in [0, 0.05) is 16.8 Å². The van der Waals surface area contributed by atoms with Gasteiger partial charge >= 0.3 is 5.97 Å². The number of carbonyl (C=O) groups is 1. The van der Waals surface area contributed by atoms with Crippen molar-refractivity contribution in [2.24, 2.45) is 0 Å². The zero-order chi connectivity index (χ0) is 16.2. The summed E-state index contributed by atoms with van der Waals surface area (Å²) in [6, 6.07) is 7.16. The fourth-order valence-electron chi connectivity index (χ4n) is 1.82. The van der Waals surface area contributed by atoms with Gasteiger partial charge in [-0.3, -0.25) is 4.98 Å². The van der Waals surface area contributed by atoms with Crippen molar-refractivity contribution in [2.75, 3.05) is 0 Å². The summed E-state index contributed by atoms with van der Waals surface area (Å²) in [5.74, 6) is 0.287. The van der Waals surface area contributed by atoms with Gasteiger partial charge in [0.05, 0.1) is 18.1 Å². The van der Waals surface area contributed by atoms with Crippen LogP contribution in [0.4, 0.5) is 0 Å². The third-order valence-electron chi connectivity index (χ3n) is 3.00. The maximum atomic E-state index is 11.8. The molecule has 116 valence electrons. The van der Waals surface area contributed by atoms with E-state index in [4.69, 9.17) is 20.8 Å². The predicted molar refractivity (Wildman–Crippen MR) is 82.8 cm³/mol. The molecule has 2 heterocycles. The summed E-state index contributed by atoms with van der Waals surface area (Å²) in [6.07, 6.45) is 4.44. The highest BCUT2D eigenvalue weighted by Crippen LogP contribution is 2.22. The topological polar surface area (TPSA) is 78.1 Å². The number of esters is 1. The van der Waals surface area contributed by atoms with Gasteiger partial charge in [0.15, 0.2) is 18.1 Å². The first-order valence-corrected chi connectivity index (χ1v) is 7.16. The van der Waals surface area contributed by atoms with Crippen LogP contribution >= 0.6 is 11.6 Å². The minimum absolute atomic E-state index is 0.0814. The quantitative estimate of drug-likeness (QED) is 0.682. The van der Waals surface area contributed by atoms with Crippen LogP contribution in [-0.2, 0) is 11.3 Å². The Hall–Kier alpha value is -2.73. The summed E-state index contributed by atoms with van der Waals surface area (Å²) >= 11 is 5.84. The van der Waals surface area contributed by atoms with Crippen molar-refractivity contribution in [1.29, 1.82) is 0 Å². The van der Waals surface area contributed by atoms with Crippen molar-refractivity contribution < 1.29 is 13.9 Å². The molecule has 0 amide bonds. The molecule has 0 unspecified atom stereocenters. The van der Waals surface area contributed by atoms with Crippen molar-refractivity contribution in [1.82, 2.24) is 15.0 Å². The summed E-state index contributed by atoms with van der Waals surface area (Å²) < 4.78 is 10.7. The second-order valence-corrected chi connectivity index (χ2v) is 5.18. The first-order valence-electron chi connectivity index (χ1n) is 6.78. The molecule has 0 bridgehead atoms.